The van der Waals surface area contributed by atoms with E-state index in [1.165, 1.54) is 12.8 Å². The van der Waals surface area contributed by atoms with E-state index >= 15 is 0 Å². The Morgan fingerprint density at radius 1 is 1.05 bits per heavy atom. The van der Waals surface area contributed by atoms with E-state index in [-0.39, 0.29) is 17.1 Å². The van der Waals surface area contributed by atoms with Gasteiger partial charge in [0.15, 0.2) is 0 Å². The number of hydrogen-bond donors (Lipinski definition) is 3. The van der Waals surface area contributed by atoms with E-state index in [2.05, 4.69) is 52.5 Å². The minimum Gasteiger partial charge on any atom is -0.395 e. The lowest BCUT2D eigenvalue weighted by atomic mass is 9.93. The van der Waals surface area contributed by atoms with Gasteiger partial charge < -0.3 is 19.9 Å². The maximum absolute atomic E-state index is 13.7. The van der Waals surface area contributed by atoms with Gasteiger partial charge >= 0.3 is 0 Å². The van der Waals surface area contributed by atoms with Crippen molar-refractivity contribution < 1.29 is 18.3 Å². The standard InChI is InChI=1S/C29H38N4O4S/c1-28(2,3)20-33-14-9-22-24(5-4-6-25(22)33)30-27(35)23-8-7-21(31-38(36,37)18-17-34)19-26(23)32-15-12-29(10-11-29)13-16-32/h4-9,14,19,31,34H,10-13,15-18,20H2,1-3H3,(H,30,35). The molecule has 9 heteroatoms. The lowest BCUT2D eigenvalue weighted by Crippen LogP contribution is -2.35. The summed E-state index contributed by atoms with van der Waals surface area (Å²) in [5.74, 6) is -0.608. The summed E-state index contributed by atoms with van der Waals surface area (Å²) in [5, 5.41) is 13.2. The zero-order valence-corrected chi connectivity index (χ0v) is 23.3. The van der Waals surface area contributed by atoms with E-state index in [0.29, 0.717) is 16.7 Å². The van der Waals surface area contributed by atoms with Crippen molar-refractivity contribution in [1.29, 1.82) is 0 Å². The number of aliphatic hydroxyl groups excluding tert-OH is 1. The Balaban J connectivity index is 1.44. The molecule has 1 aromatic heterocycles. The summed E-state index contributed by atoms with van der Waals surface area (Å²) in [6.07, 6.45) is 6.76. The van der Waals surface area contributed by atoms with Crippen LogP contribution in [0.3, 0.4) is 0 Å². The van der Waals surface area contributed by atoms with Gasteiger partial charge in [-0.25, -0.2) is 8.42 Å². The molecule has 1 saturated carbocycles. The van der Waals surface area contributed by atoms with Gasteiger partial charge in [-0.05, 0) is 72.9 Å². The summed E-state index contributed by atoms with van der Waals surface area (Å²) in [6.45, 7) is 8.67. The predicted molar refractivity (Wildman–Crippen MR) is 153 cm³/mol. The summed E-state index contributed by atoms with van der Waals surface area (Å²) in [6, 6.07) is 13.0. The topological polar surface area (TPSA) is 104 Å². The van der Waals surface area contributed by atoms with Crippen LogP contribution in [0.15, 0.2) is 48.7 Å². The van der Waals surface area contributed by atoms with Crippen LogP contribution in [0.25, 0.3) is 10.9 Å². The number of amides is 1. The third-order valence-electron chi connectivity index (χ3n) is 7.70. The molecule has 5 rings (SSSR count). The predicted octanol–water partition coefficient (Wildman–Crippen LogP) is 5.05. The van der Waals surface area contributed by atoms with E-state index in [9.17, 15) is 13.2 Å². The second kappa shape index (κ2) is 9.93. The number of nitrogens with zero attached hydrogens (tertiary/aromatic N) is 2. The number of piperidine rings is 1. The number of benzene rings is 2. The van der Waals surface area contributed by atoms with Crippen molar-refractivity contribution in [3.05, 3.63) is 54.2 Å². The van der Waals surface area contributed by atoms with Crippen LogP contribution in [-0.2, 0) is 16.6 Å². The van der Waals surface area contributed by atoms with Gasteiger partial charge in [0, 0.05) is 31.2 Å². The molecule has 1 aliphatic carbocycles. The van der Waals surface area contributed by atoms with Gasteiger partial charge in [0.2, 0.25) is 10.0 Å². The van der Waals surface area contributed by atoms with Crippen LogP contribution in [0, 0.1) is 10.8 Å². The van der Waals surface area contributed by atoms with E-state index in [0.717, 1.165) is 54.8 Å². The number of rotatable bonds is 8. The molecule has 0 unspecified atom stereocenters. The molecule has 2 heterocycles. The van der Waals surface area contributed by atoms with Gasteiger partial charge in [-0.2, -0.15) is 0 Å². The minimum absolute atomic E-state index is 0.119. The van der Waals surface area contributed by atoms with Gasteiger partial charge in [0.25, 0.3) is 5.91 Å². The summed E-state index contributed by atoms with van der Waals surface area (Å²) in [7, 11) is -3.68. The number of sulfonamides is 1. The molecule has 3 N–H and O–H groups in total. The first kappa shape index (κ1) is 26.6. The van der Waals surface area contributed by atoms with Gasteiger partial charge in [-0.3, -0.25) is 9.52 Å². The zero-order valence-electron chi connectivity index (χ0n) is 22.5. The maximum atomic E-state index is 13.7. The molecule has 1 aliphatic heterocycles. The number of fused-ring (bicyclic) bond motifs is 1. The molecule has 2 aromatic carbocycles. The third-order valence-corrected chi connectivity index (χ3v) is 8.97. The van der Waals surface area contributed by atoms with E-state index < -0.39 is 16.6 Å². The molecule has 0 radical (unpaired) electrons. The number of nitrogens with one attached hydrogen (secondary N) is 2. The lowest BCUT2D eigenvalue weighted by molar-refractivity contribution is 0.102. The lowest BCUT2D eigenvalue weighted by Gasteiger charge is -2.35. The first-order valence-corrected chi connectivity index (χ1v) is 15.0. The summed E-state index contributed by atoms with van der Waals surface area (Å²) < 4.78 is 29.3. The molecule has 38 heavy (non-hydrogen) atoms. The van der Waals surface area contributed by atoms with Crippen molar-refractivity contribution in [3.63, 3.8) is 0 Å². The number of carbonyl (C=O) groups excluding carboxylic acids is 1. The fraction of sp³-hybridized carbons (Fsp3) is 0.483. The number of aromatic nitrogens is 1. The molecule has 1 saturated heterocycles. The minimum atomic E-state index is -3.68. The Morgan fingerprint density at radius 2 is 1.79 bits per heavy atom. The average Bonchev–Trinajstić information content (AvgIpc) is 3.47. The van der Waals surface area contributed by atoms with E-state index in [4.69, 9.17) is 5.11 Å². The average molecular weight is 539 g/mol. The van der Waals surface area contributed by atoms with E-state index in [1.54, 1.807) is 18.2 Å². The number of aliphatic hydroxyl groups is 1. The monoisotopic (exact) mass is 538 g/mol. The molecule has 204 valence electrons. The molecule has 2 fully saturated rings. The van der Waals surface area contributed by atoms with Crippen LogP contribution in [-0.4, -0.2) is 49.4 Å². The van der Waals surface area contributed by atoms with Crippen molar-refractivity contribution in [2.75, 3.05) is 40.4 Å². The second-order valence-electron chi connectivity index (χ2n) is 12.1. The van der Waals surface area contributed by atoms with Gasteiger partial charge in [-0.1, -0.05) is 26.8 Å². The van der Waals surface area contributed by atoms with Crippen LogP contribution >= 0.6 is 0 Å². The highest BCUT2D eigenvalue weighted by Crippen LogP contribution is 2.54. The SMILES string of the molecule is CC(C)(C)Cn1ccc2c(NC(=O)c3ccc(NS(=O)(=O)CCO)cc3N3CCC4(CC3)CC4)cccc21. The highest BCUT2D eigenvalue weighted by atomic mass is 32.2. The van der Waals surface area contributed by atoms with Crippen LogP contribution in [0.4, 0.5) is 17.1 Å². The first-order valence-electron chi connectivity index (χ1n) is 13.4. The van der Waals surface area contributed by atoms with E-state index in [1.807, 2.05) is 18.2 Å². The van der Waals surface area contributed by atoms with Crippen molar-refractivity contribution in [3.8, 4) is 0 Å². The normalized spacial score (nSPS) is 17.1. The Morgan fingerprint density at radius 3 is 2.45 bits per heavy atom. The molecular weight excluding hydrogens is 500 g/mol. The highest BCUT2D eigenvalue weighted by Gasteiger charge is 2.44. The van der Waals surface area contributed by atoms with Crippen molar-refractivity contribution in [1.82, 2.24) is 4.57 Å². The fourth-order valence-corrected chi connectivity index (χ4v) is 6.30. The number of hydrogen-bond acceptors (Lipinski definition) is 5. The van der Waals surface area contributed by atoms with Gasteiger partial charge in [0.05, 0.1) is 40.5 Å². The summed E-state index contributed by atoms with van der Waals surface area (Å²) in [5.41, 5.74) is 4.01. The van der Waals surface area contributed by atoms with Crippen LogP contribution < -0.4 is 14.9 Å². The van der Waals surface area contributed by atoms with Crippen LogP contribution in [0.2, 0.25) is 0 Å². The molecule has 3 aromatic rings. The van der Waals surface area contributed by atoms with Gasteiger partial charge in [-0.15, -0.1) is 0 Å². The Kier molecular flexibility index (Phi) is 6.94. The first-order chi connectivity index (χ1) is 18.0. The smallest absolute Gasteiger partial charge is 0.257 e. The summed E-state index contributed by atoms with van der Waals surface area (Å²) >= 11 is 0. The van der Waals surface area contributed by atoms with Crippen LogP contribution in [0.1, 0.15) is 56.8 Å². The Bertz CT molecular complexity index is 1440. The molecule has 1 amide bonds. The maximum Gasteiger partial charge on any atom is 0.257 e. The molecule has 1 spiro atoms. The molecule has 2 aliphatic rings. The Labute approximate surface area is 225 Å². The Hall–Kier alpha value is -3.04. The highest BCUT2D eigenvalue weighted by molar-refractivity contribution is 7.92. The molecule has 0 atom stereocenters. The molecular formula is C29H38N4O4S. The quantitative estimate of drug-likeness (QED) is 0.372. The van der Waals surface area contributed by atoms with Crippen molar-refractivity contribution in [2.45, 2.75) is 53.0 Å². The zero-order chi connectivity index (χ0) is 27.1. The summed E-state index contributed by atoms with van der Waals surface area (Å²) in [4.78, 5) is 15.9. The largest absolute Gasteiger partial charge is 0.395 e. The van der Waals surface area contributed by atoms with Crippen LogP contribution in [0.5, 0.6) is 0 Å². The number of carbonyl (C=O) groups is 1. The fourth-order valence-electron chi connectivity index (χ4n) is 5.47. The number of anilines is 3. The second-order valence-corrected chi connectivity index (χ2v) is 13.9. The van der Waals surface area contributed by atoms with Crippen molar-refractivity contribution >= 4 is 43.9 Å². The molecule has 0 bridgehead atoms. The van der Waals surface area contributed by atoms with Crippen molar-refractivity contribution in [2.24, 2.45) is 10.8 Å². The van der Waals surface area contributed by atoms with Gasteiger partial charge in [0.1, 0.15) is 0 Å². The molecule has 8 nitrogen and oxygen atoms in total. The third kappa shape index (κ3) is 5.83.